The Balaban J connectivity index is 1.71. The molecule has 1 aliphatic heterocycles. The van der Waals surface area contributed by atoms with Crippen LogP contribution >= 0.6 is 23.2 Å². The molecule has 0 unspecified atom stereocenters. The van der Waals surface area contributed by atoms with Gasteiger partial charge in [-0.3, -0.25) is 4.72 Å². The van der Waals surface area contributed by atoms with Crippen LogP contribution in [0.2, 0.25) is 10.3 Å². The highest BCUT2D eigenvalue weighted by atomic mass is 35.5. The molecule has 11 heteroatoms. The molecule has 4 rings (SSSR count). The fraction of sp³-hybridized carbons (Fsp3) is 0.0500. The Morgan fingerprint density at radius 3 is 2.58 bits per heavy atom. The monoisotopic (exact) mass is 480 g/mol. The summed E-state index contributed by atoms with van der Waals surface area (Å²) in [5.74, 6) is 2.77. The third-order valence-electron chi connectivity index (χ3n) is 4.16. The SMILES string of the molecule is O=S(=O)(Nc1ccc(F)c(C#Cc2cnc(Cl)nc2)c1F)c1cc(Cl)cc2c1OC[CH]2. The van der Waals surface area contributed by atoms with Crippen LogP contribution in [0.25, 0.3) is 0 Å². The minimum Gasteiger partial charge on any atom is -0.491 e. The summed E-state index contributed by atoms with van der Waals surface area (Å²) in [4.78, 5) is 7.17. The molecule has 0 aliphatic carbocycles. The topological polar surface area (TPSA) is 81.2 Å². The molecule has 31 heavy (non-hydrogen) atoms. The van der Waals surface area contributed by atoms with Gasteiger partial charge in [-0.25, -0.2) is 27.2 Å². The number of hydrogen-bond donors (Lipinski definition) is 1. The first-order chi connectivity index (χ1) is 14.7. The van der Waals surface area contributed by atoms with Crippen molar-refractivity contribution in [1.29, 1.82) is 0 Å². The lowest BCUT2D eigenvalue weighted by Gasteiger charge is -2.13. The van der Waals surface area contributed by atoms with Crippen molar-refractivity contribution in [2.24, 2.45) is 0 Å². The average molecular weight is 481 g/mol. The Labute approximate surface area is 186 Å². The molecule has 1 aliphatic rings. The fourth-order valence-corrected chi connectivity index (χ4v) is 4.42. The summed E-state index contributed by atoms with van der Waals surface area (Å²) in [6, 6.07) is 4.59. The molecule has 0 fully saturated rings. The number of nitrogens with one attached hydrogen (secondary N) is 1. The van der Waals surface area contributed by atoms with Crippen LogP contribution in [-0.4, -0.2) is 25.0 Å². The van der Waals surface area contributed by atoms with Gasteiger partial charge in [0.15, 0.2) is 5.82 Å². The zero-order valence-electron chi connectivity index (χ0n) is 15.3. The first-order valence-corrected chi connectivity index (χ1v) is 10.8. The van der Waals surface area contributed by atoms with E-state index < -0.39 is 32.9 Å². The van der Waals surface area contributed by atoms with Gasteiger partial charge in [-0.15, -0.1) is 0 Å². The van der Waals surface area contributed by atoms with Crippen molar-refractivity contribution < 1.29 is 21.9 Å². The van der Waals surface area contributed by atoms with Gasteiger partial charge in [0.05, 0.1) is 23.4 Å². The second-order valence-corrected chi connectivity index (χ2v) is 8.64. The third kappa shape index (κ3) is 4.42. The molecule has 2 heterocycles. The van der Waals surface area contributed by atoms with Gasteiger partial charge in [0.25, 0.3) is 10.0 Å². The second kappa shape index (κ2) is 8.30. The van der Waals surface area contributed by atoms with Crippen LogP contribution in [0, 0.1) is 29.9 Å². The summed E-state index contributed by atoms with van der Waals surface area (Å²) in [7, 11) is -4.31. The summed E-state index contributed by atoms with van der Waals surface area (Å²) in [6.45, 7) is 0.178. The molecule has 0 saturated heterocycles. The summed E-state index contributed by atoms with van der Waals surface area (Å²) < 4.78 is 62.3. The number of aromatic nitrogens is 2. The normalized spacial score (nSPS) is 12.5. The molecule has 6 nitrogen and oxygen atoms in total. The summed E-state index contributed by atoms with van der Waals surface area (Å²) >= 11 is 11.6. The molecule has 157 valence electrons. The average Bonchev–Trinajstić information content (AvgIpc) is 3.19. The van der Waals surface area contributed by atoms with Gasteiger partial charge in [0.1, 0.15) is 16.5 Å². The molecule has 0 amide bonds. The van der Waals surface area contributed by atoms with E-state index in [0.29, 0.717) is 5.56 Å². The minimum atomic E-state index is -4.31. The van der Waals surface area contributed by atoms with E-state index in [1.165, 1.54) is 18.5 Å². The van der Waals surface area contributed by atoms with Gasteiger partial charge in [-0.05, 0) is 35.9 Å². The highest BCUT2D eigenvalue weighted by Crippen LogP contribution is 2.37. The van der Waals surface area contributed by atoms with Crippen LogP contribution in [0.15, 0.2) is 41.6 Å². The predicted molar refractivity (Wildman–Crippen MR) is 111 cm³/mol. The summed E-state index contributed by atoms with van der Waals surface area (Å²) in [5.41, 5.74) is -0.355. The lowest BCUT2D eigenvalue weighted by Crippen LogP contribution is -2.15. The molecule has 0 saturated carbocycles. The van der Waals surface area contributed by atoms with Crippen LogP contribution in [0.5, 0.6) is 5.75 Å². The zero-order valence-corrected chi connectivity index (χ0v) is 17.6. The van der Waals surface area contributed by atoms with E-state index >= 15 is 0 Å². The number of fused-ring (bicyclic) bond motifs is 1. The third-order valence-corrected chi connectivity index (χ3v) is 5.94. The Hall–Kier alpha value is -2.93. The van der Waals surface area contributed by atoms with E-state index in [4.69, 9.17) is 27.9 Å². The highest BCUT2D eigenvalue weighted by molar-refractivity contribution is 7.92. The maximum Gasteiger partial charge on any atom is 0.265 e. The van der Waals surface area contributed by atoms with Crippen molar-refractivity contribution in [1.82, 2.24) is 9.97 Å². The predicted octanol–water partition coefficient (Wildman–Crippen LogP) is 4.21. The molecular formula is C20H10Cl2F2N3O3S. The molecule has 1 aromatic heterocycles. The number of hydrogen-bond acceptors (Lipinski definition) is 5. The largest absolute Gasteiger partial charge is 0.491 e. The van der Waals surface area contributed by atoms with Gasteiger partial charge in [0, 0.05) is 29.4 Å². The van der Waals surface area contributed by atoms with Gasteiger partial charge in [-0.1, -0.05) is 23.4 Å². The van der Waals surface area contributed by atoms with E-state index in [-0.39, 0.29) is 33.1 Å². The molecule has 1 radical (unpaired) electrons. The Kier molecular flexibility index (Phi) is 5.71. The smallest absolute Gasteiger partial charge is 0.265 e. The van der Waals surface area contributed by atoms with Crippen molar-refractivity contribution in [3.8, 4) is 17.6 Å². The number of halogens is 4. The van der Waals surface area contributed by atoms with Crippen LogP contribution in [0.1, 0.15) is 16.7 Å². The van der Waals surface area contributed by atoms with E-state index in [9.17, 15) is 17.2 Å². The van der Waals surface area contributed by atoms with Crippen molar-refractivity contribution in [3.63, 3.8) is 0 Å². The Morgan fingerprint density at radius 2 is 1.84 bits per heavy atom. The lowest BCUT2D eigenvalue weighted by atomic mass is 10.1. The van der Waals surface area contributed by atoms with E-state index in [1.54, 1.807) is 12.5 Å². The molecule has 0 bridgehead atoms. The molecule has 2 aromatic carbocycles. The van der Waals surface area contributed by atoms with Gasteiger partial charge >= 0.3 is 0 Å². The fourth-order valence-electron chi connectivity index (χ4n) is 2.77. The number of nitrogens with zero attached hydrogens (tertiary/aromatic N) is 2. The second-order valence-electron chi connectivity index (χ2n) is 6.22. The molecule has 1 N–H and O–H groups in total. The summed E-state index contributed by atoms with van der Waals surface area (Å²) in [6.07, 6.45) is 4.22. The molecule has 0 atom stereocenters. The van der Waals surface area contributed by atoms with Crippen molar-refractivity contribution in [3.05, 3.63) is 81.7 Å². The van der Waals surface area contributed by atoms with Crippen molar-refractivity contribution >= 4 is 38.9 Å². The zero-order chi connectivity index (χ0) is 22.2. The molecular weight excluding hydrogens is 471 g/mol. The maximum absolute atomic E-state index is 14.9. The maximum atomic E-state index is 14.9. The van der Waals surface area contributed by atoms with Crippen LogP contribution in [-0.2, 0) is 10.0 Å². The molecule has 0 spiro atoms. The lowest BCUT2D eigenvalue weighted by molar-refractivity contribution is 0.368. The summed E-state index contributed by atoms with van der Waals surface area (Å²) in [5, 5.41) is 0.158. The van der Waals surface area contributed by atoms with Crippen molar-refractivity contribution in [2.45, 2.75) is 4.90 Å². The Morgan fingerprint density at radius 1 is 1.10 bits per heavy atom. The first kappa shape index (κ1) is 21.3. The number of sulfonamides is 1. The van der Waals surface area contributed by atoms with Gasteiger partial charge < -0.3 is 4.74 Å². The van der Waals surface area contributed by atoms with Crippen LogP contribution in [0.4, 0.5) is 14.5 Å². The van der Waals surface area contributed by atoms with Crippen LogP contribution < -0.4 is 9.46 Å². The first-order valence-electron chi connectivity index (χ1n) is 8.54. The van der Waals surface area contributed by atoms with E-state index in [2.05, 4.69) is 26.5 Å². The van der Waals surface area contributed by atoms with Gasteiger partial charge in [-0.2, -0.15) is 0 Å². The highest BCUT2D eigenvalue weighted by Gasteiger charge is 2.28. The standard InChI is InChI=1S/C20H10Cl2F2N3O3S/c21-13-7-12-5-6-30-19(12)17(8-13)31(28,29)27-16-4-3-15(23)14(18(16)24)2-1-11-9-25-20(22)26-10-11/h3-5,7-10,27H,6H2. The quantitative estimate of drug-likeness (QED) is 0.448. The van der Waals surface area contributed by atoms with Gasteiger partial charge in [0.2, 0.25) is 5.28 Å². The number of rotatable bonds is 3. The number of anilines is 1. The number of ether oxygens (including phenoxy) is 1. The van der Waals surface area contributed by atoms with E-state index in [0.717, 1.165) is 12.1 Å². The van der Waals surface area contributed by atoms with Crippen molar-refractivity contribution in [2.75, 3.05) is 11.3 Å². The van der Waals surface area contributed by atoms with E-state index in [1.807, 2.05) is 0 Å². The van der Waals surface area contributed by atoms with Crippen LogP contribution in [0.3, 0.4) is 0 Å². The molecule has 3 aromatic rings. The minimum absolute atomic E-state index is 0.00612. The number of benzene rings is 2. The Bertz CT molecular complexity index is 1350.